The molecule has 2 N–H and O–H groups in total. The Morgan fingerprint density at radius 3 is 2.19 bits per heavy atom. The van der Waals surface area contributed by atoms with Gasteiger partial charge in [-0.2, -0.15) is 0 Å². The molecule has 0 spiro atoms. The highest BCUT2D eigenvalue weighted by atomic mass is 79.9. The highest BCUT2D eigenvalue weighted by Crippen LogP contribution is 2.39. The smallest absolute Gasteiger partial charge is 0.230 e. The van der Waals surface area contributed by atoms with Gasteiger partial charge in [0.2, 0.25) is 5.88 Å². The van der Waals surface area contributed by atoms with Crippen molar-refractivity contribution in [3.05, 3.63) is 95.1 Å². The summed E-state index contributed by atoms with van der Waals surface area (Å²) in [6.45, 7) is 8.70. The number of ether oxygens (including phenoxy) is 5. The van der Waals surface area contributed by atoms with Crippen LogP contribution in [0, 0.1) is 24.5 Å². The summed E-state index contributed by atoms with van der Waals surface area (Å²) in [5.41, 5.74) is 3.27. The Balaban J connectivity index is 0.000000174. The van der Waals surface area contributed by atoms with Crippen LogP contribution in [-0.2, 0) is 0 Å². The van der Waals surface area contributed by atoms with Crippen LogP contribution in [0.1, 0.15) is 37.8 Å². The zero-order valence-corrected chi connectivity index (χ0v) is 37.4. The van der Waals surface area contributed by atoms with Gasteiger partial charge in [0.25, 0.3) is 0 Å². The summed E-state index contributed by atoms with van der Waals surface area (Å²) in [4.78, 5) is 25.2. The van der Waals surface area contributed by atoms with E-state index in [2.05, 4.69) is 63.0 Å². The van der Waals surface area contributed by atoms with Crippen LogP contribution < -0.4 is 29.0 Å². The number of likely N-dealkylation sites (tertiary alicyclic amines) is 2. The lowest BCUT2D eigenvalue weighted by Gasteiger charge is -2.28. The van der Waals surface area contributed by atoms with Crippen LogP contribution in [-0.4, -0.2) is 102 Å². The number of piperidine rings is 1. The summed E-state index contributed by atoms with van der Waals surface area (Å²) in [5.74, 6) is 3.01. The summed E-state index contributed by atoms with van der Waals surface area (Å²) in [5, 5.41) is 4.87. The van der Waals surface area contributed by atoms with E-state index in [0.717, 1.165) is 55.5 Å². The molecule has 0 unspecified atom stereocenters. The van der Waals surface area contributed by atoms with E-state index >= 15 is 4.39 Å². The molecular weight excluding hydrogens is 874 g/mol. The zero-order valence-electron chi connectivity index (χ0n) is 35.8. The van der Waals surface area contributed by atoms with E-state index in [1.165, 1.54) is 44.7 Å². The number of nitrogens with one attached hydrogen (secondary N) is 2. The van der Waals surface area contributed by atoms with Gasteiger partial charge in [-0.1, -0.05) is 15.9 Å². The quantitative estimate of drug-likeness (QED) is 0.101. The second-order valence-corrected chi connectivity index (χ2v) is 16.8. The number of hydrogen-bond acceptors (Lipinski definition) is 12. The molecule has 0 aliphatic carbocycles. The Bertz CT molecular complexity index is 2690. The highest BCUT2D eigenvalue weighted by Gasteiger charge is 2.20. The summed E-state index contributed by atoms with van der Waals surface area (Å²) < 4.78 is 59.1. The molecule has 2 fully saturated rings. The fourth-order valence-electron chi connectivity index (χ4n) is 7.93. The predicted octanol–water partition coefficient (Wildman–Crippen LogP) is 10.2. The van der Waals surface area contributed by atoms with Crippen molar-refractivity contribution in [2.45, 2.75) is 39.0 Å². The Labute approximate surface area is 373 Å². The Morgan fingerprint density at radius 2 is 1.46 bits per heavy atom. The first-order valence-electron chi connectivity index (χ1n) is 21.2. The number of anilines is 2. The lowest BCUT2D eigenvalue weighted by atomic mass is 9.98. The van der Waals surface area contributed by atoms with Gasteiger partial charge in [0, 0.05) is 45.1 Å². The summed E-state index contributed by atoms with van der Waals surface area (Å²) in [7, 11) is 5.34. The second-order valence-electron chi connectivity index (χ2n) is 15.9. The van der Waals surface area contributed by atoms with Gasteiger partial charge >= 0.3 is 0 Å². The maximum Gasteiger partial charge on any atom is 0.230 e. The van der Waals surface area contributed by atoms with Gasteiger partial charge in [0.05, 0.1) is 49.5 Å². The number of benzene rings is 4. The first-order chi connectivity index (χ1) is 30.6. The molecule has 2 saturated heterocycles. The number of aromatic nitrogens is 5. The third-order valence-corrected chi connectivity index (χ3v) is 11.9. The van der Waals surface area contributed by atoms with Crippen LogP contribution in [0.5, 0.6) is 34.6 Å². The van der Waals surface area contributed by atoms with Gasteiger partial charge in [0.1, 0.15) is 24.3 Å². The molecule has 2 aliphatic rings. The number of fused-ring (bicyclic) bond motifs is 3. The maximum atomic E-state index is 15.0. The van der Waals surface area contributed by atoms with Crippen molar-refractivity contribution in [3.8, 4) is 34.6 Å². The molecule has 13 nitrogen and oxygen atoms in total. The summed E-state index contributed by atoms with van der Waals surface area (Å²) >= 11 is 3.27. The van der Waals surface area contributed by atoms with Crippen LogP contribution >= 0.6 is 15.9 Å². The Hall–Kier alpha value is -5.84. The normalized spacial score (nSPS) is 14.8. The number of methoxy groups -OCH3 is 2. The van der Waals surface area contributed by atoms with E-state index in [9.17, 15) is 4.39 Å². The average Bonchev–Trinajstić information content (AvgIpc) is 3.96. The minimum atomic E-state index is -0.437. The molecule has 2 aliphatic heterocycles. The highest BCUT2D eigenvalue weighted by molar-refractivity contribution is 9.10. The molecule has 0 saturated carbocycles. The minimum absolute atomic E-state index is 0.0997. The fourth-order valence-corrected chi connectivity index (χ4v) is 8.27. The molecule has 4 aromatic carbocycles. The fraction of sp³-hybridized carbons (Fsp3) is 0.362. The molecule has 9 rings (SSSR count). The van der Waals surface area contributed by atoms with Gasteiger partial charge < -0.3 is 43.8 Å². The number of hydrogen-bond donors (Lipinski definition) is 2. The van der Waals surface area contributed by atoms with Crippen molar-refractivity contribution in [1.29, 1.82) is 0 Å². The lowest BCUT2D eigenvalue weighted by molar-refractivity contribution is 0.157. The van der Waals surface area contributed by atoms with Gasteiger partial charge in [-0.05, 0) is 127 Å². The number of nitrogens with zero attached hydrogens (tertiary/aromatic N) is 6. The number of aromatic amines is 1. The zero-order chi connectivity index (χ0) is 43.9. The third-order valence-electron chi connectivity index (χ3n) is 11.4. The molecule has 0 atom stereocenters. The Kier molecular flexibility index (Phi) is 14.0. The van der Waals surface area contributed by atoms with Gasteiger partial charge in [-0.25, -0.2) is 28.7 Å². The molecule has 0 radical (unpaired) electrons. The van der Waals surface area contributed by atoms with E-state index in [-0.39, 0.29) is 17.4 Å². The van der Waals surface area contributed by atoms with Crippen LogP contribution in [0.4, 0.5) is 20.3 Å². The van der Waals surface area contributed by atoms with Crippen molar-refractivity contribution in [2.75, 3.05) is 72.5 Å². The minimum Gasteiger partial charge on any atom is -0.493 e. The van der Waals surface area contributed by atoms with E-state index in [0.29, 0.717) is 79.9 Å². The van der Waals surface area contributed by atoms with Crippen LogP contribution in [0.2, 0.25) is 0 Å². The van der Waals surface area contributed by atoms with Crippen LogP contribution in [0.15, 0.2) is 77.8 Å². The van der Waals surface area contributed by atoms with Crippen molar-refractivity contribution in [2.24, 2.45) is 5.92 Å². The molecule has 16 heteroatoms. The van der Waals surface area contributed by atoms with Crippen molar-refractivity contribution < 1.29 is 32.5 Å². The van der Waals surface area contributed by atoms with Crippen molar-refractivity contribution in [3.63, 3.8) is 0 Å². The molecule has 0 amide bonds. The van der Waals surface area contributed by atoms with Crippen molar-refractivity contribution >= 4 is 60.1 Å². The maximum absolute atomic E-state index is 15.0. The van der Waals surface area contributed by atoms with Gasteiger partial charge in [-0.3, -0.25) is 0 Å². The molecule has 3 aromatic heterocycles. The molecule has 5 heterocycles. The molecule has 63 heavy (non-hydrogen) atoms. The molecular formula is C47H51BrF2N8O5. The van der Waals surface area contributed by atoms with Gasteiger partial charge in [-0.15, -0.1) is 0 Å². The SMILES string of the molecule is COc1cc2c(Nc3ccc(Br)cc3F)ncnc2cc1OCC1CCN(C)CC1.COc1cc2c(Oc3ccc4[nH]c(C)cc4c3F)ncnc2cc1OCCCN1CCCC1. The molecule has 0 bridgehead atoms. The van der Waals surface area contributed by atoms with Gasteiger partial charge in [0.15, 0.2) is 34.6 Å². The first kappa shape index (κ1) is 43.8. The second kappa shape index (κ2) is 20.1. The monoisotopic (exact) mass is 924 g/mol. The standard InChI is InChI=1S/C25H27FN4O3.C22H24BrFN4O2/c1-16-12-17-19(29-16)6-7-21(24(17)26)33-25-18-13-22(31-2)23(14-20(18)27-15-28-25)32-11-5-10-30-8-3-4-9-30;1-28-7-5-14(6-8-28)12-30-21-11-19-16(10-20(21)29-2)22(26-13-25-19)27-18-4-3-15(23)9-17(18)24/h6-7,12-15,29H,3-5,8-11H2,1-2H3;3-4,9-11,13-14H,5-8,12H2,1-2H3,(H,25,26,27). The Morgan fingerprint density at radius 1 is 0.762 bits per heavy atom. The van der Waals surface area contributed by atoms with E-state index in [1.54, 1.807) is 50.6 Å². The third kappa shape index (κ3) is 10.5. The topological polar surface area (TPSA) is 132 Å². The van der Waals surface area contributed by atoms with E-state index in [4.69, 9.17) is 23.7 Å². The number of aryl methyl sites for hydroxylation is 1. The predicted molar refractivity (Wildman–Crippen MR) is 244 cm³/mol. The largest absolute Gasteiger partial charge is 0.493 e. The van der Waals surface area contributed by atoms with E-state index < -0.39 is 5.82 Å². The molecule has 330 valence electrons. The number of halogens is 3. The average molecular weight is 926 g/mol. The number of rotatable bonds is 14. The van der Waals surface area contributed by atoms with Crippen LogP contribution in [0.3, 0.4) is 0 Å². The molecule has 7 aromatic rings. The number of H-pyrrole nitrogens is 1. The van der Waals surface area contributed by atoms with E-state index in [1.807, 2.05) is 25.1 Å². The first-order valence-corrected chi connectivity index (χ1v) is 21.9. The summed E-state index contributed by atoms with van der Waals surface area (Å²) in [6.07, 6.45) is 8.62. The summed E-state index contributed by atoms with van der Waals surface area (Å²) in [6, 6.07) is 17.2. The van der Waals surface area contributed by atoms with Crippen LogP contribution in [0.25, 0.3) is 32.7 Å². The van der Waals surface area contributed by atoms with Crippen molar-refractivity contribution in [1.82, 2.24) is 34.7 Å². The lowest BCUT2D eigenvalue weighted by Crippen LogP contribution is -2.32.